The van der Waals surface area contributed by atoms with Crippen LogP contribution >= 0.6 is 12.4 Å². The molecule has 1 aromatic carbocycles. The van der Waals surface area contributed by atoms with Gasteiger partial charge in [-0.2, -0.15) is 4.98 Å². The third-order valence-corrected chi connectivity index (χ3v) is 5.54. The second-order valence-corrected chi connectivity index (χ2v) is 7.29. The lowest BCUT2D eigenvalue weighted by molar-refractivity contribution is -0.138. The Morgan fingerprint density at radius 1 is 1.33 bits per heavy atom. The van der Waals surface area contributed by atoms with Crippen LogP contribution in [-0.2, 0) is 4.79 Å². The standard InChI is InChI=1S/C19H23FN4O2.ClH/c1-12(15-9-21-10-15)19(25)24-8-2-3-14(11-24)18-22-17(23-26-18)13-4-6-16(20)7-5-13;/h4-7,12,14-15,21H,2-3,8-11H2,1H3;1H. The molecular weight excluding hydrogens is 371 g/mol. The maximum atomic E-state index is 13.1. The van der Waals surface area contributed by atoms with Crippen molar-refractivity contribution in [2.75, 3.05) is 26.2 Å². The maximum Gasteiger partial charge on any atom is 0.231 e. The highest BCUT2D eigenvalue weighted by Gasteiger charge is 2.35. The third kappa shape index (κ3) is 4.14. The van der Waals surface area contributed by atoms with Gasteiger partial charge in [0.05, 0.1) is 5.92 Å². The fourth-order valence-corrected chi connectivity index (χ4v) is 3.65. The van der Waals surface area contributed by atoms with Gasteiger partial charge in [0.25, 0.3) is 0 Å². The van der Waals surface area contributed by atoms with E-state index >= 15 is 0 Å². The van der Waals surface area contributed by atoms with Gasteiger partial charge in [0, 0.05) is 24.6 Å². The average Bonchev–Trinajstić information content (AvgIpc) is 3.10. The number of amides is 1. The zero-order chi connectivity index (χ0) is 18.1. The highest BCUT2D eigenvalue weighted by molar-refractivity contribution is 5.85. The molecule has 1 aromatic heterocycles. The van der Waals surface area contributed by atoms with Gasteiger partial charge in [-0.15, -0.1) is 12.4 Å². The number of nitrogens with zero attached hydrogens (tertiary/aromatic N) is 3. The zero-order valence-electron chi connectivity index (χ0n) is 15.2. The van der Waals surface area contributed by atoms with Crippen LogP contribution in [0.5, 0.6) is 0 Å². The summed E-state index contributed by atoms with van der Waals surface area (Å²) in [6.45, 7) is 5.29. The molecule has 4 rings (SSSR count). The lowest BCUT2D eigenvalue weighted by Crippen LogP contribution is -2.51. The van der Waals surface area contributed by atoms with Crippen molar-refractivity contribution in [3.8, 4) is 11.4 Å². The van der Waals surface area contributed by atoms with E-state index in [4.69, 9.17) is 4.52 Å². The summed E-state index contributed by atoms with van der Waals surface area (Å²) >= 11 is 0. The molecular formula is C19H24ClFN4O2. The monoisotopic (exact) mass is 394 g/mol. The van der Waals surface area contributed by atoms with Gasteiger partial charge >= 0.3 is 0 Å². The van der Waals surface area contributed by atoms with Crippen molar-refractivity contribution in [3.05, 3.63) is 36.0 Å². The number of halogens is 2. The maximum absolute atomic E-state index is 13.1. The Balaban J connectivity index is 0.00000210. The quantitative estimate of drug-likeness (QED) is 0.863. The third-order valence-electron chi connectivity index (χ3n) is 5.54. The molecule has 8 heteroatoms. The SMILES string of the molecule is CC(C(=O)N1CCCC(c2nc(-c3ccc(F)cc3)no2)C1)C1CNC1.Cl. The molecule has 1 N–H and O–H groups in total. The minimum absolute atomic E-state index is 0. The molecule has 2 aliphatic rings. The van der Waals surface area contributed by atoms with Gasteiger partial charge in [-0.3, -0.25) is 4.79 Å². The number of rotatable bonds is 4. The lowest BCUT2D eigenvalue weighted by Gasteiger charge is -2.37. The van der Waals surface area contributed by atoms with Crippen LogP contribution in [0.25, 0.3) is 11.4 Å². The van der Waals surface area contributed by atoms with Crippen molar-refractivity contribution < 1.29 is 13.7 Å². The van der Waals surface area contributed by atoms with Crippen LogP contribution in [0.2, 0.25) is 0 Å². The van der Waals surface area contributed by atoms with Crippen LogP contribution in [0, 0.1) is 17.7 Å². The highest BCUT2D eigenvalue weighted by atomic mass is 35.5. The van der Waals surface area contributed by atoms with E-state index < -0.39 is 0 Å². The molecule has 2 aromatic rings. The van der Waals surface area contributed by atoms with E-state index in [0.29, 0.717) is 24.2 Å². The van der Waals surface area contributed by atoms with Crippen molar-refractivity contribution in [1.82, 2.24) is 20.4 Å². The Morgan fingerprint density at radius 2 is 2.07 bits per heavy atom. The van der Waals surface area contributed by atoms with Crippen LogP contribution in [0.4, 0.5) is 4.39 Å². The number of aromatic nitrogens is 2. The van der Waals surface area contributed by atoms with Crippen LogP contribution in [0.1, 0.15) is 31.6 Å². The van der Waals surface area contributed by atoms with Crippen LogP contribution in [0.15, 0.2) is 28.8 Å². The number of likely N-dealkylation sites (tertiary alicyclic amines) is 1. The van der Waals surface area contributed by atoms with Gasteiger partial charge in [-0.25, -0.2) is 4.39 Å². The minimum Gasteiger partial charge on any atom is -0.342 e. The smallest absolute Gasteiger partial charge is 0.231 e. The topological polar surface area (TPSA) is 71.3 Å². The van der Waals surface area contributed by atoms with E-state index in [2.05, 4.69) is 15.5 Å². The summed E-state index contributed by atoms with van der Waals surface area (Å²) in [6.07, 6.45) is 1.86. The van der Waals surface area contributed by atoms with Crippen molar-refractivity contribution in [2.45, 2.75) is 25.7 Å². The summed E-state index contributed by atoms with van der Waals surface area (Å²) in [4.78, 5) is 19.2. The van der Waals surface area contributed by atoms with Crippen molar-refractivity contribution in [2.24, 2.45) is 11.8 Å². The first kappa shape index (κ1) is 19.8. The number of carbonyl (C=O) groups excluding carboxylic acids is 1. The first-order valence-electron chi connectivity index (χ1n) is 9.21. The molecule has 2 fully saturated rings. The number of carbonyl (C=O) groups is 1. The molecule has 3 heterocycles. The Hall–Kier alpha value is -1.99. The van der Waals surface area contributed by atoms with E-state index in [1.54, 1.807) is 12.1 Å². The highest BCUT2D eigenvalue weighted by Crippen LogP contribution is 2.29. The summed E-state index contributed by atoms with van der Waals surface area (Å²) in [5, 5.41) is 7.26. The molecule has 2 saturated heterocycles. The van der Waals surface area contributed by atoms with Gasteiger partial charge in [0.1, 0.15) is 5.82 Å². The lowest BCUT2D eigenvalue weighted by atomic mass is 9.87. The Kier molecular flexibility index (Phi) is 6.11. The summed E-state index contributed by atoms with van der Waals surface area (Å²) < 4.78 is 18.5. The minimum atomic E-state index is -0.297. The van der Waals surface area contributed by atoms with E-state index in [9.17, 15) is 9.18 Å². The van der Waals surface area contributed by atoms with Gasteiger partial charge in [-0.05, 0) is 56.1 Å². The molecule has 2 atom stereocenters. The van der Waals surface area contributed by atoms with Gasteiger partial charge < -0.3 is 14.7 Å². The fraction of sp³-hybridized carbons (Fsp3) is 0.526. The largest absolute Gasteiger partial charge is 0.342 e. The number of benzene rings is 1. The molecule has 0 spiro atoms. The first-order valence-corrected chi connectivity index (χ1v) is 9.21. The Bertz CT molecular complexity index is 778. The van der Waals surface area contributed by atoms with E-state index in [1.165, 1.54) is 12.1 Å². The molecule has 27 heavy (non-hydrogen) atoms. The molecule has 146 valence electrons. The van der Waals surface area contributed by atoms with E-state index in [1.807, 2.05) is 11.8 Å². The van der Waals surface area contributed by atoms with Crippen LogP contribution < -0.4 is 5.32 Å². The van der Waals surface area contributed by atoms with Gasteiger partial charge in [-0.1, -0.05) is 12.1 Å². The summed E-state index contributed by atoms with van der Waals surface area (Å²) in [5.41, 5.74) is 0.719. The second kappa shape index (κ2) is 8.35. The van der Waals surface area contributed by atoms with Gasteiger partial charge in [0.2, 0.25) is 17.6 Å². The van der Waals surface area contributed by atoms with Gasteiger partial charge in [0.15, 0.2) is 0 Å². The summed E-state index contributed by atoms with van der Waals surface area (Å²) in [7, 11) is 0. The fourth-order valence-electron chi connectivity index (χ4n) is 3.65. The second-order valence-electron chi connectivity index (χ2n) is 7.29. The molecule has 0 aliphatic carbocycles. The molecule has 6 nitrogen and oxygen atoms in total. The number of hydrogen-bond acceptors (Lipinski definition) is 5. The normalized spacial score (nSPS) is 21.3. The van der Waals surface area contributed by atoms with Crippen LogP contribution in [-0.4, -0.2) is 47.1 Å². The number of piperidine rings is 1. The number of hydrogen-bond donors (Lipinski definition) is 1. The molecule has 2 aliphatic heterocycles. The van der Waals surface area contributed by atoms with Crippen molar-refractivity contribution >= 4 is 18.3 Å². The van der Waals surface area contributed by atoms with Crippen molar-refractivity contribution in [3.63, 3.8) is 0 Å². The molecule has 0 saturated carbocycles. The number of nitrogens with one attached hydrogen (secondary N) is 1. The van der Waals surface area contributed by atoms with E-state index in [-0.39, 0.29) is 36.0 Å². The molecule has 1 amide bonds. The Morgan fingerprint density at radius 3 is 2.74 bits per heavy atom. The van der Waals surface area contributed by atoms with Crippen molar-refractivity contribution in [1.29, 1.82) is 0 Å². The molecule has 0 bridgehead atoms. The average molecular weight is 395 g/mol. The summed E-state index contributed by atoms with van der Waals surface area (Å²) in [5.74, 6) is 1.48. The predicted molar refractivity (Wildman–Crippen MR) is 101 cm³/mol. The predicted octanol–water partition coefficient (Wildman–Crippen LogP) is 2.86. The molecule has 2 unspecified atom stereocenters. The summed E-state index contributed by atoms with van der Waals surface area (Å²) in [6, 6.07) is 6.02. The van der Waals surface area contributed by atoms with E-state index in [0.717, 1.165) is 38.0 Å². The molecule has 0 radical (unpaired) electrons. The first-order chi connectivity index (χ1) is 12.6. The van der Waals surface area contributed by atoms with Crippen LogP contribution in [0.3, 0.4) is 0 Å². The zero-order valence-corrected chi connectivity index (χ0v) is 16.0. The Labute approximate surface area is 163 Å².